The minimum absolute atomic E-state index is 0.115. The highest BCUT2D eigenvalue weighted by atomic mass is 35.5. The molecule has 0 saturated heterocycles. The first-order valence-electron chi connectivity index (χ1n) is 5.89. The van der Waals surface area contributed by atoms with Gasteiger partial charge in [-0.05, 0) is 47.0 Å². The van der Waals surface area contributed by atoms with Gasteiger partial charge in [0, 0.05) is 13.1 Å². The molecule has 1 unspecified atom stereocenters. The van der Waals surface area contributed by atoms with Gasteiger partial charge in [0.05, 0.1) is 10.6 Å². The maximum absolute atomic E-state index is 13.0. The van der Waals surface area contributed by atoms with Crippen molar-refractivity contribution in [2.24, 2.45) is 0 Å². The van der Waals surface area contributed by atoms with Crippen LogP contribution in [0.2, 0.25) is 5.02 Å². The molecule has 19 heavy (non-hydrogen) atoms. The van der Waals surface area contributed by atoms with Crippen LogP contribution in [-0.2, 0) is 12.1 Å². The van der Waals surface area contributed by atoms with Gasteiger partial charge in [-0.25, -0.2) is 4.39 Å². The fraction of sp³-hybridized carbons (Fsp3) is 0.286. The van der Waals surface area contributed by atoms with Crippen LogP contribution in [0.25, 0.3) is 0 Å². The normalized spacial score (nSPS) is 14.3. The van der Waals surface area contributed by atoms with Crippen molar-refractivity contribution in [1.82, 2.24) is 5.32 Å². The van der Waals surface area contributed by atoms with Gasteiger partial charge < -0.3 is 10.4 Å². The van der Waals surface area contributed by atoms with Crippen molar-refractivity contribution in [3.63, 3.8) is 0 Å². The molecule has 1 aromatic carbocycles. The van der Waals surface area contributed by atoms with Crippen molar-refractivity contribution in [1.29, 1.82) is 0 Å². The molecule has 0 radical (unpaired) electrons. The second-order valence-electron chi connectivity index (χ2n) is 4.64. The molecule has 2 N–H and O–H groups in total. The number of thiophene rings is 1. The molecule has 5 heteroatoms. The Balaban J connectivity index is 1.91. The van der Waals surface area contributed by atoms with E-state index >= 15 is 0 Å². The number of halogens is 2. The van der Waals surface area contributed by atoms with Gasteiger partial charge >= 0.3 is 0 Å². The molecule has 0 aliphatic carbocycles. The largest absolute Gasteiger partial charge is 0.384 e. The molecule has 102 valence electrons. The Bertz CT molecular complexity index is 542. The summed E-state index contributed by atoms with van der Waals surface area (Å²) >= 11 is 7.27. The monoisotopic (exact) mass is 299 g/mol. The summed E-state index contributed by atoms with van der Waals surface area (Å²) in [6.07, 6.45) is 0. The molecule has 2 aromatic rings. The van der Waals surface area contributed by atoms with Crippen LogP contribution in [0.3, 0.4) is 0 Å². The van der Waals surface area contributed by atoms with E-state index in [0.29, 0.717) is 13.1 Å². The minimum atomic E-state index is -0.913. The maximum Gasteiger partial charge on any atom is 0.141 e. The SMILES string of the molecule is CC(O)(CNCc1ccc(F)c(Cl)c1)c1ccsc1. The van der Waals surface area contributed by atoms with Crippen molar-refractivity contribution in [2.45, 2.75) is 19.1 Å². The zero-order valence-corrected chi connectivity index (χ0v) is 12.1. The highest BCUT2D eigenvalue weighted by molar-refractivity contribution is 7.08. The lowest BCUT2D eigenvalue weighted by Gasteiger charge is -2.23. The van der Waals surface area contributed by atoms with Gasteiger partial charge in [-0.3, -0.25) is 0 Å². The second kappa shape index (κ2) is 6.01. The van der Waals surface area contributed by atoms with E-state index in [2.05, 4.69) is 5.32 Å². The molecule has 1 aromatic heterocycles. The molecule has 2 nitrogen and oxygen atoms in total. The average Bonchev–Trinajstić information content (AvgIpc) is 2.88. The van der Waals surface area contributed by atoms with Crippen molar-refractivity contribution in [2.75, 3.05) is 6.54 Å². The first-order valence-corrected chi connectivity index (χ1v) is 7.21. The smallest absolute Gasteiger partial charge is 0.141 e. The summed E-state index contributed by atoms with van der Waals surface area (Å²) in [4.78, 5) is 0. The van der Waals surface area contributed by atoms with E-state index in [1.165, 1.54) is 6.07 Å². The maximum atomic E-state index is 13.0. The summed E-state index contributed by atoms with van der Waals surface area (Å²) < 4.78 is 13.0. The van der Waals surface area contributed by atoms with Gasteiger partial charge in [0.2, 0.25) is 0 Å². The number of nitrogens with one attached hydrogen (secondary N) is 1. The fourth-order valence-electron chi connectivity index (χ4n) is 1.77. The van der Waals surface area contributed by atoms with Crippen LogP contribution in [0.4, 0.5) is 4.39 Å². The Kier molecular flexibility index (Phi) is 4.58. The third-order valence-electron chi connectivity index (χ3n) is 2.93. The van der Waals surface area contributed by atoms with Crippen LogP contribution < -0.4 is 5.32 Å². The van der Waals surface area contributed by atoms with Crippen LogP contribution in [0.15, 0.2) is 35.0 Å². The van der Waals surface area contributed by atoms with Crippen LogP contribution >= 0.6 is 22.9 Å². The zero-order valence-electron chi connectivity index (χ0n) is 10.5. The molecule has 0 bridgehead atoms. The number of benzene rings is 1. The van der Waals surface area contributed by atoms with Gasteiger partial charge in [0.1, 0.15) is 5.82 Å². The van der Waals surface area contributed by atoms with Crippen LogP contribution in [-0.4, -0.2) is 11.7 Å². The Hall–Kier alpha value is -0.940. The summed E-state index contributed by atoms with van der Waals surface area (Å²) in [5, 5.41) is 17.4. The van der Waals surface area contributed by atoms with E-state index in [0.717, 1.165) is 11.1 Å². The lowest BCUT2D eigenvalue weighted by atomic mass is 9.99. The van der Waals surface area contributed by atoms with E-state index in [4.69, 9.17) is 11.6 Å². The number of rotatable bonds is 5. The zero-order chi connectivity index (χ0) is 13.9. The van der Waals surface area contributed by atoms with Crippen molar-refractivity contribution in [3.05, 3.63) is 57.0 Å². The molecule has 1 atom stereocenters. The van der Waals surface area contributed by atoms with E-state index in [9.17, 15) is 9.50 Å². The fourth-order valence-corrected chi connectivity index (χ4v) is 2.76. The van der Waals surface area contributed by atoms with E-state index in [1.807, 2.05) is 16.8 Å². The van der Waals surface area contributed by atoms with Crippen molar-refractivity contribution in [3.8, 4) is 0 Å². The highest BCUT2D eigenvalue weighted by Crippen LogP contribution is 2.22. The number of hydrogen-bond donors (Lipinski definition) is 2. The van der Waals surface area contributed by atoms with Crippen molar-refractivity contribution >= 4 is 22.9 Å². The lowest BCUT2D eigenvalue weighted by Crippen LogP contribution is -2.34. The van der Waals surface area contributed by atoms with Crippen LogP contribution in [0.5, 0.6) is 0 Å². The first-order chi connectivity index (χ1) is 8.99. The second-order valence-corrected chi connectivity index (χ2v) is 5.83. The van der Waals surface area contributed by atoms with Crippen LogP contribution in [0, 0.1) is 5.82 Å². The highest BCUT2D eigenvalue weighted by Gasteiger charge is 2.22. The predicted molar refractivity (Wildman–Crippen MR) is 77.0 cm³/mol. The molecule has 0 saturated carbocycles. The number of aliphatic hydroxyl groups is 1. The van der Waals surface area contributed by atoms with Gasteiger partial charge in [0.15, 0.2) is 0 Å². The van der Waals surface area contributed by atoms with Crippen molar-refractivity contribution < 1.29 is 9.50 Å². The van der Waals surface area contributed by atoms with Gasteiger partial charge in [0.25, 0.3) is 0 Å². The summed E-state index contributed by atoms with van der Waals surface area (Å²) in [7, 11) is 0. The molecule has 0 amide bonds. The van der Waals surface area contributed by atoms with E-state index < -0.39 is 11.4 Å². The molecule has 0 fully saturated rings. The molecule has 0 spiro atoms. The van der Waals surface area contributed by atoms with Gasteiger partial charge in [-0.2, -0.15) is 11.3 Å². The van der Waals surface area contributed by atoms with Gasteiger partial charge in [-0.15, -0.1) is 0 Å². The number of hydrogen-bond acceptors (Lipinski definition) is 3. The van der Waals surface area contributed by atoms with Crippen LogP contribution in [0.1, 0.15) is 18.1 Å². The molecule has 2 rings (SSSR count). The Morgan fingerprint density at radius 1 is 1.42 bits per heavy atom. The third kappa shape index (κ3) is 3.76. The standard InChI is InChI=1S/C14H15ClFNOS/c1-14(18,11-4-5-19-8-11)9-17-7-10-2-3-13(16)12(15)6-10/h2-6,8,17-18H,7,9H2,1H3. The topological polar surface area (TPSA) is 32.3 Å². The molecular weight excluding hydrogens is 285 g/mol. The Labute approximate surface area is 120 Å². The Morgan fingerprint density at radius 2 is 2.21 bits per heavy atom. The van der Waals surface area contributed by atoms with E-state index in [-0.39, 0.29) is 5.02 Å². The third-order valence-corrected chi connectivity index (χ3v) is 3.90. The summed E-state index contributed by atoms with van der Waals surface area (Å²) in [6, 6.07) is 6.51. The lowest BCUT2D eigenvalue weighted by molar-refractivity contribution is 0.0571. The first kappa shape index (κ1) is 14.5. The van der Waals surface area contributed by atoms with Gasteiger partial charge in [-0.1, -0.05) is 17.7 Å². The summed E-state index contributed by atoms with van der Waals surface area (Å²) in [5.41, 5.74) is 0.860. The molecule has 1 heterocycles. The molecule has 0 aliphatic heterocycles. The summed E-state index contributed by atoms with van der Waals surface area (Å²) in [6.45, 7) is 2.71. The van der Waals surface area contributed by atoms with E-state index in [1.54, 1.807) is 30.4 Å². The average molecular weight is 300 g/mol. The quantitative estimate of drug-likeness (QED) is 0.885. The summed E-state index contributed by atoms with van der Waals surface area (Å²) in [5.74, 6) is -0.421. The predicted octanol–water partition coefficient (Wildman–Crippen LogP) is 3.54. The molecular formula is C14H15ClFNOS. The molecule has 0 aliphatic rings. The minimum Gasteiger partial charge on any atom is -0.384 e. The Morgan fingerprint density at radius 3 is 2.84 bits per heavy atom.